The van der Waals surface area contributed by atoms with Crippen molar-refractivity contribution in [3.8, 4) is 0 Å². The van der Waals surface area contributed by atoms with Crippen molar-refractivity contribution in [3.63, 3.8) is 0 Å². The molecule has 1 aromatic rings. The van der Waals surface area contributed by atoms with E-state index >= 15 is 0 Å². The topological polar surface area (TPSA) is 12.0 Å². The van der Waals surface area contributed by atoms with Gasteiger partial charge in [0, 0.05) is 15.8 Å². The number of hydrogen-bond acceptors (Lipinski definition) is 2. The Morgan fingerprint density at radius 3 is 2.47 bits per heavy atom. The minimum absolute atomic E-state index is 0.490. The second kappa shape index (κ2) is 5.66. The fourth-order valence-corrected chi connectivity index (χ4v) is 2.74. The minimum atomic E-state index is 0.490. The highest BCUT2D eigenvalue weighted by Gasteiger charge is 2.11. The van der Waals surface area contributed by atoms with E-state index in [0.717, 1.165) is 12.5 Å². The molecule has 0 aliphatic heterocycles. The number of thiophene rings is 1. The van der Waals surface area contributed by atoms with Crippen molar-refractivity contribution in [2.45, 2.75) is 47.1 Å². The molecular formula is C13H23NS. The van der Waals surface area contributed by atoms with Gasteiger partial charge in [0.1, 0.15) is 0 Å². The van der Waals surface area contributed by atoms with Crippen LogP contribution < -0.4 is 5.32 Å². The van der Waals surface area contributed by atoms with Gasteiger partial charge in [-0.3, -0.25) is 0 Å². The van der Waals surface area contributed by atoms with Crippen LogP contribution in [0, 0.1) is 19.8 Å². The van der Waals surface area contributed by atoms with Crippen molar-refractivity contribution < 1.29 is 0 Å². The molecule has 1 rings (SSSR count). The molecule has 2 atom stereocenters. The van der Waals surface area contributed by atoms with E-state index in [9.17, 15) is 0 Å². The Balaban J connectivity index is 2.53. The first kappa shape index (κ1) is 12.7. The lowest BCUT2D eigenvalue weighted by Crippen LogP contribution is -2.24. The fourth-order valence-electron chi connectivity index (χ4n) is 1.71. The summed E-state index contributed by atoms with van der Waals surface area (Å²) in [4.78, 5) is 2.87. The Kier molecular flexibility index (Phi) is 4.81. The monoisotopic (exact) mass is 225 g/mol. The van der Waals surface area contributed by atoms with Gasteiger partial charge in [-0.25, -0.2) is 0 Å². The molecule has 0 saturated heterocycles. The lowest BCUT2D eigenvalue weighted by Gasteiger charge is -2.16. The van der Waals surface area contributed by atoms with Crippen LogP contribution in [0.1, 0.15) is 48.6 Å². The van der Waals surface area contributed by atoms with Crippen molar-refractivity contribution >= 4 is 11.3 Å². The molecule has 0 aliphatic rings. The second-order valence-electron chi connectivity index (χ2n) is 4.51. The van der Waals surface area contributed by atoms with Gasteiger partial charge in [0.25, 0.3) is 0 Å². The molecule has 1 N–H and O–H groups in total. The van der Waals surface area contributed by atoms with E-state index < -0.39 is 0 Å². The lowest BCUT2D eigenvalue weighted by atomic mass is 10.1. The quantitative estimate of drug-likeness (QED) is 0.797. The first-order valence-corrected chi connectivity index (χ1v) is 6.66. The van der Waals surface area contributed by atoms with Crippen LogP contribution in [-0.4, -0.2) is 6.54 Å². The van der Waals surface area contributed by atoms with Crippen molar-refractivity contribution in [3.05, 3.63) is 21.4 Å². The molecule has 0 saturated carbocycles. The first-order chi connectivity index (χ1) is 7.04. The lowest BCUT2D eigenvalue weighted by molar-refractivity contribution is 0.460. The molecule has 0 spiro atoms. The molecule has 1 heterocycles. The standard InChI is InChI=1S/C13H23NS/c1-6-9(2)8-14-11(4)13-7-10(3)15-12(13)5/h7,9,11,14H,6,8H2,1-5H3. The van der Waals surface area contributed by atoms with Crippen LogP contribution in [-0.2, 0) is 0 Å². The van der Waals surface area contributed by atoms with Gasteiger partial charge in [-0.1, -0.05) is 20.3 Å². The van der Waals surface area contributed by atoms with Crippen LogP contribution in [0.2, 0.25) is 0 Å². The highest BCUT2D eigenvalue weighted by atomic mass is 32.1. The van der Waals surface area contributed by atoms with Crippen molar-refractivity contribution in [1.82, 2.24) is 5.32 Å². The molecule has 1 aromatic heterocycles. The van der Waals surface area contributed by atoms with Crippen LogP contribution in [0.4, 0.5) is 0 Å². The third kappa shape index (κ3) is 3.62. The van der Waals surface area contributed by atoms with Crippen LogP contribution in [0.5, 0.6) is 0 Å². The minimum Gasteiger partial charge on any atom is -0.310 e. The summed E-state index contributed by atoms with van der Waals surface area (Å²) < 4.78 is 0. The van der Waals surface area contributed by atoms with E-state index in [2.05, 4.69) is 46.0 Å². The number of rotatable bonds is 5. The van der Waals surface area contributed by atoms with Gasteiger partial charge in [0.15, 0.2) is 0 Å². The average Bonchev–Trinajstić information content (AvgIpc) is 2.53. The van der Waals surface area contributed by atoms with Gasteiger partial charge < -0.3 is 5.32 Å². The SMILES string of the molecule is CCC(C)CNC(C)c1cc(C)sc1C. The smallest absolute Gasteiger partial charge is 0.0302 e. The largest absolute Gasteiger partial charge is 0.310 e. The van der Waals surface area contributed by atoms with Crippen molar-refractivity contribution in [2.24, 2.45) is 5.92 Å². The number of hydrogen-bond donors (Lipinski definition) is 1. The summed E-state index contributed by atoms with van der Waals surface area (Å²) in [5.74, 6) is 0.771. The highest BCUT2D eigenvalue weighted by Crippen LogP contribution is 2.26. The van der Waals surface area contributed by atoms with Crippen LogP contribution >= 0.6 is 11.3 Å². The van der Waals surface area contributed by atoms with Crippen molar-refractivity contribution in [1.29, 1.82) is 0 Å². The summed E-state index contributed by atoms with van der Waals surface area (Å²) in [5.41, 5.74) is 1.47. The maximum Gasteiger partial charge on any atom is 0.0302 e. The van der Waals surface area contributed by atoms with E-state index in [1.54, 1.807) is 0 Å². The Morgan fingerprint density at radius 1 is 1.33 bits per heavy atom. The third-order valence-electron chi connectivity index (χ3n) is 3.02. The van der Waals surface area contributed by atoms with Gasteiger partial charge in [-0.2, -0.15) is 0 Å². The van der Waals surface area contributed by atoms with E-state index in [1.807, 2.05) is 11.3 Å². The predicted molar refractivity (Wildman–Crippen MR) is 69.7 cm³/mol. The molecule has 2 unspecified atom stereocenters. The van der Waals surface area contributed by atoms with Crippen molar-refractivity contribution in [2.75, 3.05) is 6.54 Å². The van der Waals surface area contributed by atoms with E-state index in [-0.39, 0.29) is 0 Å². The third-order valence-corrected chi connectivity index (χ3v) is 4.00. The summed E-state index contributed by atoms with van der Waals surface area (Å²) in [7, 11) is 0. The predicted octanol–water partition coefficient (Wildman–Crippen LogP) is 4.06. The zero-order valence-corrected chi connectivity index (χ0v) is 11.4. The van der Waals surface area contributed by atoms with Gasteiger partial charge in [-0.05, 0) is 44.9 Å². The Hall–Kier alpha value is -0.340. The molecule has 0 aromatic carbocycles. The summed E-state index contributed by atoms with van der Waals surface area (Å²) >= 11 is 1.90. The van der Waals surface area contributed by atoms with Gasteiger partial charge >= 0.3 is 0 Å². The molecule has 15 heavy (non-hydrogen) atoms. The molecule has 0 fully saturated rings. The summed E-state index contributed by atoms with van der Waals surface area (Å²) in [6, 6.07) is 2.80. The summed E-state index contributed by atoms with van der Waals surface area (Å²) in [6.07, 6.45) is 1.25. The number of aryl methyl sites for hydroxylation is 2. The normalized spacial score (nSPS) is 15.3. The molecule has 0 amide bonds. The molecule has 2 heteroatoms. The Morgan fingerprint density at radius 2 is 2.00 bits per heavy atom. The van der Waals surface area contributed by atoms with E-state index in [0.29, 0.717) is 6.04 Å². The molecule has 86 valence electrons. The van der Waals surface area contributed by atoms with Gasteiger partial charge in [-0.15, -0.1) is 11.3 Å². The van der Waals surface area contributed by atoms with E-state index in [1.165, 1.54) is 21.7 Å². The highest BCUT2D eigenvalue weighted by molar-refractivity contribution is 7.12. The summed E-state index contributed by atoms with van der Waals surface area (Å²) in [6.45, 7) is 12.3. The zero-order chi connectivity index (χ0) is 11.4. The molecule has 0 bridgehead atoms. The van der Waals surface area contributed by atoms with Crippen LogP contribution in [0.25, 0.3) is 0 Å². The maximum atomic E-state index is 3.61. The first-order valence-electron chi connectivity index (χ1n) is 5.84. The second-order valence-corrected chi connectivity index (χ2v) is 5.97. The fraction of sp³-hybridized carbons (Fsp3) is 0.692. The zero-order valence-electron chi connectivity index (χ0n) is 10.6. The molecule has 0 aliphatic carbocycles. The molecule has 1 nitrogen and oxygen atoms in total. The van der Waals surface area contributed by atoms with E-state index in [4.69, 9.17) is 0 Å². The Labute approximate surface area is 97.9 Å². The Bertz CT molecular complexity index is 303. The maximum absolute atomic E-state index is 3.61. The number of nitrogens with one attached hydrogen (secondary N) is 1. The van der Waals surface area contributed by atoms with Gasteiger partial charge in [0.05, 0.1) is 0 Å². The van der Waals surface area contributed by atoms with Crippen LogP contribution in [0.3, 0.4) is 0 Å². The average molecular weight is 225 g/mol. The molecular weight excluding hydrogens is 202 g/mol. The molecule has 0 radical (unpaired) electrons. The van der Waals surface area contributed by atoms with Gasteiger partial charge in [0.2, 0.25) is 0 Å². The van der Waals surface area contributed by atoms with Crippen LogP contribution in [0.15, 0.2) is 6.07 Å². The summed E-state index contributed by atoms with van der Waals surface area (Å²) in [5, 5.41) is 3.61.